The van der Waals surface area contributed by atoms with Gasteiger partial charge in [0.15, 0.2) is 0 Å². The van der Waals surface area contributed by atoms with Crippen molar-refractivity contribution in [2.24, 2.45) is 0 Å². The summed E-state index contributed by atoms with van der Waals surface area (Å²) in [4.78, 5) is 0. The summed E-state index contributed by atoms with van der Waals surface area (Å²) < 4.78 is 2.51. The minimum atomic E-state index is -0.473. The van der Waals surface area contributed by atoms with Crippen LogP contribution in [0.15, 0.2) is 194 Å². The molecular weight excluding hydrogens is 639 g/mol. The molecule has 1 aliphatic carbocycles. The minimum absolute atomic E-state index is 0.473. The number of benzene rings is 8. The van der Waals surface area contributed by atoms with E-state index in [0.717, 1.165) is 0 Å². The van der Waals surface area contributed by atoms with E-state index in [0.29, 0.717) is 0 Å². The molecule has 248 valence electrons. The summed E-state index contributed by atoms with van der Waals surface area (Å²) in [5, 5.41) is 10.2. The van der Waals surface area contributed by atoms with Gasteiger partial charge in [-0.3, -0.25) is 0 Å². The molecule has 0 amide bonds. The Balaban J connectivity index is 1.18. The molecule has 0 radical (unpaired) electrons. The van der Waals surface area contributed by atoms with Crippen molar-refractivity contribution < 1.29 is 0 Å². The van der Waals surface area contributed by atoms with Gasteiger partial charge in [-0.05, 0) is 109 Å². The van der Waals surface area contributed by atoms with E-state index < -0.39 is 5.41 Å². The second-order valence-corrected chi connectivity index (χ2v) is 14.4. The predicted molar refractivity (Wildman–Crippen MR) is 226 cm³/mol. The van der Waals surface area contributed by atoms with Gasteiger partial charge in [0.25, 0.3) is 0 Å². The Morgan fingerprint density at radius 3 is 1.62 bits per heavy atom. The fourth-order valence-corrected chi connectivity index (χ4v) is 9.65. The van der Waals surface area contributed by atoms with Crippen LogP contribution >= 0.6 is 0 Å². The van der Waals surface area contributed by atoms with Crippen molar-refractivity contribution in [1.82, 2.24) is 4.40 Å². The molecule has 53 heavy (non-hydrogen) atoms. The van der Waals surface area contributed by atoms with Crippen molar-refractivity contribution in [1.29, 1.82) is 0 Å². The van der Waals surface area contributed by atoms with Crippen LogP contribution in [-0.2, 0) is 5.41 Å². The number of aromatic nitrogens is 1. The fourth-order valence-electron chi connectivity index (χ4n) is 9.65. The zero-order chi connectivity index (χ0) is 35.3. The Morgan fingerprint density at radius 2 is 1.04 bits per heavy atom. The molecular formula is C52H35N. The number of hydrogen-bond acceptors (Lipinski definition) is 0. The highest BCUT2D eigenvalue weighted by Crippen LogP contribution is 2.57. The number of rotatable bonds is 4. The molecule has 0 spiro atoms. The van der Waals surface area contributed by atoms with Crippen molar-refractivity contribution in [3.63, 3.8) is 0 Å². The van der Waals surface area contributed by atoms with Crippen LogP contribution in [0.1, 0.15) is 29.2 Å². The highest BCUT2D eigenvalue weighted by molar-refractivity contribution is 6.27. The van der Waals surface area contributed by atoms with Crippen molar-refractivity contribution in [3.8, 4) is 11.1 Å². The van der Waals surface area contributed by atoms with Gasteiger partial charge in [-0.1, -0.05) is 152 Å². The second kappa shape index (κ2) is 11.1. The molecule has 2 aromatic heterocycles. The monoisotopic (exact) mass is 673 g/mol. The molecule has 1 heteroatoms. The summed E-state index contributed by atoms with van der Waals surface area (Å²) in [7, 11) is 0. The SMILES string of the molecule is C=C/C=C1\C(=C/C)c2ccccc2C1(c1ccccc1)c1ccc(-c2cc3c4cc5ccccc5cc4n4c5cc6ccccc6cc5c(c2)c34)cc1. The lowest BCUT2D eigenvalue weighted by Gasteiger charge is -2.34. The molecule has 11 rings (SSSR count). The maximum absolute atomic E-state index is 4.17. The first kappa shape index (κ1) is 30.0. The van der Waals surface area contributed by atoms with E-state index in [1.165, 1.54) is 104 Å². The third kappa shape index (κ3) is 4.02. The van der Waals surface area contributed by atoms with E-state index in [9.17, 15) is 0 Å². The molecule has 0 saturated heterocycles. The molecule has 0 saturated carbocycles. The lowest BCUT2D eigenvalue weighted by atomic mass is 9.67. The minimum Gasteiger partial charge on any atom is -0.308 e. The van der Waals surface area contributed by atoms with Gasteiger partial charge in [-0.2, -0.15) is 0 Å². The molecule has 1 atom stereocenters. The number of allylic oxidation sites excluding steroid dienone is 5. The number of nitrogens with zero attached hydrogens (tertiary/aromatic N) is 1. The molecule has 1 nitrogen and oxygen atoms in total. The smallest absolute Gasteiger partial charge is 0.0713 e. The van der Waals surface area contributed by atoms with E-state index in [1.54, 1.807) is 0 Å². The summed E-state index contributed by atoms with van der Waals surface area (Å²) in [6.07, 6.45) is 6.41. The van der Waals surface area contributed by atoms with Crippen molar-refractivity contribution in [2.45, 2.75) is 12.3 Å². The van der Waals surface area contributed by atoms with Crippen molar-refractivity contribution >= 4 is 65.2 Å². The summed E-state index contributed by atoms with van der Waals surface area (Å²) in [5.41, 5.74) is 13.4. The van der Waals surface area contributed by atoms with Crippen molar-refractivity contribution in [3.05, 3.63) is 216 Å². The summed E-state index contributed by atoms with van der Waals surface area (Å²) in [5.74, 6) is 0. The highest BCUT2D eigenvalue weighted by Gasteiger charge is 2.47. The Hall–Kier alpha value is -6.70. The van der Waals surface area contributed by atoms with Crippen LogP contribution in [0.4, 0.5) is 0 Å². The van der Waals surface area contributed by atoms with Crippen LogP contribution < -0.4 is 0 Å². The number of fused-ring (bicyclic) bond motifs is 9. The van der Waals surface area contributed by atoms with Gasteiger partial charge >= 0.3 is 0 Å². The van der Waals surface area contributed by atoms with Crippen LogP contribution in [0.5, 0.6) is 0 Å². The fraction of sp³-hybridized carbons (Fsp3) is 0.0385. The highest BCUT2D eigenvalue weighted by atomic mass is 14.9. The average Bonchev–Trinajstić information content (AvgIpc) is 3.81. The molecule has 1 unspecified atom stereocenters. The molecule has 0 N–H and O–H groups in total. The lowest BCUT2D eigenvalue weighted by molar-refractivity contribution is 0.769. The first-order valence-corrected chi connectivity index (χ1v) is 18.5. The van der Waals surface area contributed by atoms with Crippen LogP contribution in [0.2, 0.25) is 0 Å². The first-order chi connectivity index (χ1) is 26.2. The Kier molecular flexibility index (Phi) is 6.31. The standard InChI is InChI=1S/C52H35N/c1-3-14-47-41(4-2)42-21-12-13-22-48(42)52(47,39-19-6-5-7-20-39)40-25-23-33(24-26-40)38-29-45-43-27-34-15-8-10-17-36(34)31-49(43)53-50-32-37-18-11-9-16-35(37)28-44(50)46(30-38)51(45)53/h3-32H,1H2,2H3/b41-4-,47-14+. The van der Waals surface area contributed by atoms with Gasteiger partial charge in [0.05, 0.1) is 22.0 Å². The van der Waals surface area contributed by atoms with Crippen LogP contribution in [0.25, 0.3) is 76.3 Å². The molecule has 8 aromatic carbocycles. The van der Waals surface area contributed by atoms with Gasteiger partial charge in [0.1, 0.15) is 0 Å². The maximum Gasteiger partial charge on any atom is 0.0713 e. The number of hydrogen-bond donors (Lipinski definition) is 0. The Morgan fingerprint density at radius 1 is 0.509 bits per heavy atom. The lowest BCUT2D eigenvalue weighted by Crippen LogP contribution is -2.28. The Labute approximate surface area is 308 Å². The zero-order valence-electron chi connectivity index (χ0n) is 29.5. The van der Waals surface area contributed by atoms with Crippen LogP contribution in [-0.4, -0.2) is 4.40 Å². The normalized spacial score (nSPS) is 17.4. The predicted octanol–water partition coefficient (Wildman–Crippen LogP) is 13.7. The third-order valence-corrected chi connectivity index (χ3v) is 11.9. The quantitative estimate of drug-likeness (QED) is 0.175. The van der Waals surface area contributed by atoms with Crippen LogP contribution in [0.3, 0.4) is 0 Å². The zero-order valence-corrected chi connectivity index (χ0v) is 29.5. The van der Waals surface area contributed by atoms with Gasteiger partial charge in [0, 0.05) is 21.5 Å². The topological polar surface area (TPSA) is 4.41 Å². The van der Waals surface area contributed by atoms with E-state index in [-0.39, 0.29) is 0 Å². The third-order valence-electron chi connectivity index (χ3n) is 11.9. The average molecular weight is 674 g/mol. The molecule has 0 aliphatic heterocycles. The van der Waals surface area contributed by atoms with E-state index >= 15 is 0 Å². The molecule has 0 fully saturated rings. The van der Waals surface area contributed by atoms with E-state index in [1.807, 2.05) is 6.08 Å². The molecule has 10 aromatic rings. The Bertz CT molecular complexity index is 3050. The summed E-state index contributed by atoms with van der Waals surface area (Å²) in [6.45, 7) is 6.32. The summed E-state index contributed by atoms with van der Waals surface area (Å²) in [6, 6.07) is 61.1. The van der Waals surface area contributed by atoms with Crippen molar-refractivity contribution in [2.75, 3.05) is 0 Å². The molecule has 0 bridgehead atoms. The summed E-state index contributed by atoms with van der Waals surface area (Å²) >= 11 is 0. The van der Waals surface area contributed by atoms with E-state index in [4.69, 9.17) is 0 Å². The van der Waals surface area contributed by atoms with Gasteiger partial charge in [-0.25, -0.2) is 0 Å². The molecule has 2 heterocycles. The van der Waals surface area contributed by atoms with Gasteiger partial charge in [0.2, 0.25) is 0 Å². The van der Waals surface area contributed by atoms with Crippen LogP contribution in [0, 0.1) is 0 Å². The van der Waals surface area contributed by atoms with E-state index in [2.05, 4.69) is 194 Å². The second-order valence-electron chi connectivity index (χ2n) is 14.4. The largest absolute Gasteiger partial charge is 0.308 e. The maximum atomic E-state index is 4.17. The van der Waals surface area contributed by atoms with Gasteiger partial charge in [-0.15, -0.1) is 0 Å². The first-order valence-electron chi connectivity index (χ1n) is 18.5. The molecule has 1 aliphatic rings. The van der Waals surface area contributed by atoms with Gasteiger partial charge < -0.3 is 4.40 Å².